The van der Waals surface area contributed by atoms with Gasteiger partial charge in [-0.15, -0.1) is 6.58 Å². The molecule has 188 valence electrons. The van der Waals surface area contributed by atoms with E-state index in [1.165, 1.54) is 20.3 Å². The van der Waals surface area contributed by atoms with Crippen molar-refractivity contribution in [2.45, 2.75) is 13.0 Å². The van der Waals surface area contributed by atoms with Crippen LogP contribution in [0.25, 0.3) is 6.08 Å². The van der Waals surface area contributed by atoms with Crippen LogP contribution in [-0.2, 0) is 22.6 Å². The molecule has 1 aliphatic heterocycles. The molecule has 1 aliphatic rings. The molecular formula is C29H26N2O6. The van der Waals surface area contributed by atoms with Crippen molar-refractivity contribution < 1.29 is 28.6 Å². The second kappa shape index (κ2) is 11.3. The van der Waals surface area contributed by atoms with Crippen LogP contribution in [0.1, 0.15) is 16.7 Å². The molecular weight excluding hydrogens is 472 g/mol. The maximum Gasteiger partial charge on any atom is 0.335 e. The summed E-state index contributed by atoms with van der Waals surface area (Å²) in [7, 11) is 3.03. The van der Waals surface area contributed by atoms with Gasteiger partial charge in [-0.3, -0.25) is 14.9 Å². The number of nitrogens with zero attached hydrogens (tertiary/aromatic N) is 1. The summed E-state index contributed by atoms with van der Waals surface area (Å²) >= 11 is 0. The Morgan fingerprint density at radius 1 is 0.946 bits per heavy atom. The number of allylic oxidation sites excluding steroid dienone is 1. The van der Waals surface area contributed by atoms with E-state index in [-0.39, 0.29) is 5.57 Å². The molecule has 0 spiro atoms. The highest BCUT2D eigenvalue weighted by atomic mass is 16.5. The molecule has 0 radical (unpaired) electrons. The van der Waals surface area contributed by atoms with Crippen molar-refractivity contribution in [3.8, 4) is 17.2 Å². The predicted octanol–water partition coefficient (Wildman–Crippen LogP) is 4.68. The van der Waals surface area contributed by atoms with E-state index in [1.54, 1.807) is 42.5 Å². The molecule has 1 fully saturated rings. The Hall–Kier alpha value is -4.85. The van der Waals surface area contributed by atoms with Gasteiger partial charge in [0.15, 0.2) is 11.5 Å². The fourth-order valence-corrected chi connectivity index (χ4v) is 3.91. The van der Waals surface area contributed by atoms with Crippen molar-refractivity contribution in [2.24, 2.45) is 0 Å². The SMILES string of the molecule is C=CCc1cc(/C=C2\C(=O)NC(=O)N(c3ccc(OC)cc3)C2=O)cc(OC)c1OCc1ccccc1. The number of nitrogens with one attached hydrogen (secondary N) is 1. The third-order valence-corrected chi connectivity index (χ3v) is 5.71. The van der Waals surface area contributed by atoms with E-state index in [0.29, 0.717) is 41.5 Å². The number of ether oxygens (including phenoxy) is 3. The van der Waals surface area contributed by atoms with Gasteiger partial charge in [0.25, 0.3) is 11.8 Å². The van der Waals surface area contributed by atoms with Crippen LogP contribution >= 0.6 is 0 Å². The number of amides is 4. The number of imide groups is 2. The van der Waals surface area contributed by atoms with Crippen molar-refractivity contribution in [3.63, 3.8) is 0 Å². The minimum Gasteiger partial charge on any atom is -0.497 e. The lowest BCUT2D eigenvalue weighted by Gasteiger charge is -2.26. The molecule has 8 nitrogen and oxygen atoms in total. The molecule has 1 saturated heterocycles. The quantitative estimate of drug-likeness (QED) is 0.262. The van der Waals surface area contributed by atoms with Gasteiger partial charge in [0.2, 0.25) is 0 Å². The molecule has 3 aromatic rings. The van der Waals surface area contributed by atoms with Crippen molar-refractivity contribution in [3.05, 3.63) is 102 Å². The van der Waals surface area contributed by atoms with Gasteiger partial charge in [0, 0.05) is 5.56 Å². The molecule has 4 amide bonds. The number of hydrogen-bond acceptors (Lipinski definition) is 6. The fraction of sp³-hybridized carbons (Fsp3) is 0.138. The van der Waals surface area contributed by atoms with Crippen LogP contribution in [-0.4, -0.2) is 32.1 Å². The zero-order chi connectivity index (χ0) is 26.4. The fourth-order valence-electron chi connectivity index (χ4n) is 3.91. The number of anilines is 1. The third kappa shape index (κ3) is 5.54. The zero-order valence-electron chi connectivity index (χ0n) is 20.5. The minimum absolute atomic E-state index is 0.194. The number of hydrogen-bond donors (Lipinski definition) is 1. The van der Waals surface area contributed by atoms with E-state index < -0.39 is 17.8 Å². The van der Waals surface area contributed by atoms with E-state index in [4.69, 9.17) is 14.2 Å². The van der Waals surface area contributed by atoms with E-state index in [2.05, 4.69) is 11.9 Å². The van der Waals surface area contributed by atoms with Crippen LogP contribution in [0.4, 0.5) is 10.5 Å². The average molecular weight is 499 g/mol. The number of methoxy groups -OCH3 is 2. The largest absolute Gasteiger partial charge is 0.497 e. The zero-order valence-corrected chi connectivity index (χ0v) is 20.5. The van der Waals surface area contributed by atoms with Gasteiger partial charge in [0.1, 0.15) is 17.9 Å². The third-order valence-electron chi connectivity index (χ3n) is 5.71. The first-order valence-corrected chi connectivity index (χ1v) is 11.5. The van der Waals surface area contributed by atoms with Gasteiger partial charge < -0.3 is 14.2 Å². The second-order valence-corrected chi connectivity index (χ2v) is 8.13. The van der Waals surface area contributed by atoms with E-state index >= 15 is 0 Å². The van der Waals surface area contributed by atoms with Crippen LogP contribution in [0, 0.1) is 0 Å². The minimum atomic E-state index is -0.827. The first-order chi connectivity index (χ1) is 17.9. The Kier molecular flexibility index (Phi) is 7.68. The lowest BCUT2D eigenvalue weighted by Crippen LogP contribution is -2.54. The molecule has 3 aromatic carbocycles. The summed E-state index contributed by atoms with van der Waals surface area (Å²) in [6.07, 6.45) is 3.62. The Balaban J connectivity index is 1.69. The first-order valence-electron chi connectivity index (χ1n) is 11.5. The molecule has 0 saturated carbocycles. The second-order valence-electron chi connectivity index (χ2n) is 8.13. The summed E-state index contributed by atoms with van der Waals surface area (Å²) in [5, 5.41) is 2.23. The maximum atomic E-state index is 13.3. The summed E-state index contributed by atoms with van der Waals surface area (Å²) < 4.78 is 16.8. The molecule has 37 heavy (non-hydrogen) atoms. The highest BCUT2D eigenvalue weighted by Gasteiger charge is 2.37. The molecule has 0 aliphatic carbocycles. The molecule has 1 heterocycles. The monoisotopic (exact) mass is 498 g/mol. The maximum absolute atomic E-state index is 13.3. The summed E-state index contributed by atoms with van der Waals surface area (Å²) in [6, 6.07) is 18.7. The van der Waals surface area contributed by atoms with Gasteiger partial charge in [-0.1, -0.05) is 36.4 Å². The van der Waals surface area contributed by atoms with Gasteiger partial charge >= 0.3 is 6.03 Å². The summed E-state index contributed by atoms with van der Waals surface area (Å²) in [4.78, 5) is 39.3. The summed E-state index contributed by atoms with van der Waals surface area (Å²) in [6.45, 7) is 4.16. The number of rotatable bonds is 9. The summed E-state index contributed by atoms with van der Waals surface area (Å²) in [5.74, 6) is 0.0228. The van der Waals surface area contributed by atoms with Gasteiger partial charge in [-0.25, -0.2) is 9.69 Å². The molecule has 1 N–H and O–H groups in total. The van der Waals surface area contributed by atoms with Crippen LogP contribution in [0.3, 0.4) is 0 Å². The van der Waals surface area contributed by atoms with Crippen molar-refractivity contribution in [2.75, 3.05) is 19.1 Å². The molecule has 0 unspecified atom stereocenters. The lowest BCUT2D eigenvalue weighted by molar-refractivity contribution is -0.122. The Bertz CT molecular complexity index is 1360. The Morgan fingerprint density at radius 3 is 2.32 bits per heavy atom. The first kappa shape index (κ1) is 25.2. The topological polar surface area (TPSA) is 94.2 Å². The predicted molar refractivity (Wildman–Crippen MR) is 140 cm³/mol. The van der Waals surface area contributed by atoms with Gasteiger partial charge in [0.05, 0.1) is 19.9 Å². The normalized spacial score (nSPS) is 14.4. The molecule has 0 atom stereocenters. The molecule has 8 heteroatoms. The van der Waals surface area contributed by atoms with Crippen molar-refractivity contribution in [1.29, 1.82) is 0 Å². The van der Waals surface area contributed by atoms with E-state index in [9.17, 15) is 14.4 Å². The van der Waals surface area contributed by atoms with Crippen LogP contribution in [0.15, 0.2) is 85.0 Å². The van der Waals surface area contributed by atoms with E-state index in [1.807, 2.05) is 30.3 Å². The number of barbiturate groups is 1. The van der Waals surface area contributed by atoms with Crippen molar-refractivity contribution in [1.82, 2.24) is 5.32 Å². The van der Waals surface area contributed by atoms with Crippen LogP contribution in [0.5, 0.6) is 17.2 Å². The average Bonchev–Trinajstić information content (AvgIpc) is 2.91. The molecule has 4 rings (SSSR count). The van der Waals surface area contributed by atoms with Gasteiger partial charge in [-0.2, -0.15) is 0 Å². The number of carbonyl (C=O) groups excluding carboxylic acids is 3. The number of carbonyl (C=O) groups is 3. The van der Waals surface area contributed by atoms with E-state index in [0.717, 1.165) is 16.0 Å². The lowest BCUT2D eigenvalue weighted by atomic mass is 10.0. The number of benzene rings is 3. The summed E-state index contributed by atoms with van der Waals surface area (Å²) in [5.41, 5.74) is 2.40. The van der Waals surface area contributed by atoms with Crippen LogP contribution in [0.2, 0.25) is 0 Å². The Labute approximate surface area is 214 Å². The Morgan fingerprint density at radius 2 is 1.68 bits per heavy atom. The molecule has 0 aromatic heterocycles. The standard InChI is InChI=1S/C29H26N2O6/c1-4-8-21-15-20(17-25(36-3)26(21)37-18-19-9-6-5-7-10-19)16-24-27(32)30-29(34)31(28(24)33)22-11-13-23(35-2)14-12-22/h4-7,9-17H,1,8,18H2,2-3H3,(H,30,32,34)/b24-16+. The highest BCUT2D eigenvalue weighted by molar-refractivity contribution is 6.39. The molecule has 0 bridgehead atoms. The highest BCUT2D eigenvalue weighted by Crippen LogP contribution is 2.35. The smallest absolute Gasteiger partial charge is 0.335 e. The van der Waals surface area contributed by atoms with Crippen molar-refractivity contribution >= 4 is 29.6 Å². The number of urea groups is 1. The van der Waals surface area contributed by atoms with Crippen LogP contribution < -0.4 is 24.4 Å². The van der Waals surface area contributed by atoms with Gasteiger partial charge in [-0.05, 0) is 60.0 Å².